The van der Waals surface area contributed by atoms with Gasteiger partial charge in [0.15, 0.2) is 0 Å². The zero-order chi connectivity index (χ0) is 10.7. The third-order valence-corrected chi connectivity index (χ3v) is 3.70. The molecule has 1 aliphatic heterocycles. The average molecular weight is 205 g/mol. The highest BCUT2D eigenvalue weighted by molar-refractivity contribution is 5.07. The van der Waals surface area contributed by atoms with Gasteiger partial charge in [0.1, 0.15) is 0 Å². The molecule has 0 amide bonds. The second kappa shape index (κ2) is 5.03. The molecule has 15 heavy (non-hydrogen) atoms. The summed E-state index contributed by atoms with van der Waals surface area (Å²) in [5.41, 5.74) is 0. The van der Waals surface area contributed by atoms with E-state index in [2.05, 4.69) is 30.6 Å². The van der Waals surface area contributed by atoms with Crippen molar-refractivity contribution >= 4 is 0 Å². The van der Waals surface area contributed by atoms with Gasteiger partial charge in [-0.2, -0.15) is 0 Å². The standard InChI is InChI=1S/C14H23N/c1-12(2)6-7-13-8-10-15(11-9-13)14-4-3-5-14/h12-14H,3-5,8-11H2,1-2H3. The summed E-state index contributed by atoms with van der Waals surface area (Å²) in [4.78, 5) is 2.69. The highest BCUT2D eigenvalue weighted by atomic mass is 15.2. The van der Waals surface area contributed by atoms with Gasteiger partial charge in [0, 0.05) is 17.9 Å². The molecule has 0 aromatic carbocycles. The number of hydrogen-bond donors (Lipinski definition) is 0. The summed E-state index contributed by atoms with van der Waals surface area (Å²) in [5.74, 6) is 7.98. The van der Waals surface area contributed by atoms with Crippen molar-refractivity contribution in [3.8, 4) is 11.8 Å². The fourth-order valence-electron chi connectivity index (χ4n) is 2.45. The smallest absolute Gasteiger partial charge is 0.0227 e. The first kappa shape index (κ1) is 11.0. The quantitative estimate of drug-likeness (QED) is 0.595. The molecule has 0 atom stereocenters. The summed E-state index contributed by atoms with van der Waals surface area (Å²) in [6, 6.07) is 0.934. The molecule has 1 nitrogen and oxygen atoms in total. The lowest BCUT2D eigenvalue weighted by Crippen LogP contribution is -2.44. The second-order valence-corrected chi connectivity index (χ2v) is 5.34. The van der Waals surface area contributed by atoms with Gasteiger partial charge in [-0.1, -0.05) is 26.2 Å². The molecule has 0 aromatic heterocycles. The maximum Gasteiger partial charge on any atom is 0.0227 e. The molecule has 1 aliphatic carbocycles. The van der Waals surface area contributed by atoms with Gasteiger partial charge in [-0.25, -0.2) is 0 Å². The maximum absolute atomic E-state index is 3.44. The molecule has 84 valence electrons. The Hall–Kier alpha value is -0.480. The molecule has 0 spiro atoms. The summed E-state index contributed by atoms with van der Waals surface area (Å²) in [7, 11) is 0. The predicted octanol–water partition coefficient (Wildman–Crippen LogP) is 2.91. The van der Waals surface area contributed by atoms with E-state index in [0.29, 0.717) is 11.8 Å². The molecular formula is C14H23N. The van der Waals surface area contributed by atoms with Gasteiger partial charge in [0.25, 0.3) is 0 Å². The van der Waals surface area contributed by atoms with Crippen LogP contribution >= 0.6 is 0 Å². The first-order valence-corrected chi connectivity index (χ1v) is 6.51. The van der Waals surface area contributed by atoms with Crippen molar-refractivity contribution in [1.82, 2.24) is 4.90 Å². The van der Waals surface area contributed by atoms with Crippen molar-refractivity contribution in [2.45, 2.75) is 52.0 Å². The third kappa shape index (κ3) is 2.98. The lowest BCUT2D eigenvalue weighted by molar-refractivity contribution is 0.0945. The average Bonchev–Trinajstić information content (AvgIpc) is 2.14. The van der Waals surface area contributed by atoms with Crippen LogP contribution in [0.3, 0.4) is 0 Å². The molecule has 1 saturated heterocycles. The first-order chi connectivity index (χ1) is 7.25. The Morgan fingerprint density at radius 3 is 2.20 bits per heavy atom. The van der Waals surface area contributed by atoms with Crippen LogP contribution in [0.4, 0.5) is 0 Å². The minimum atomic E-state index is 0.537. The Labute approximate surface area is 94.2 Å². The molecule has 0 aromatic rings. The van der Waals surface area contributed by atoms with E-state index in [9.17, 15) is 0 Å². The number of nitrogens with zero attached hydrogens (tertiary/aromatic N) is 1. The Morgan fingerprint density at radius 1 is 1.07 bits per heavy atom. The Kier molecular flexibility index (Phi) is 3.70. The Morgan fingerprint density at radius 2 is 1.73 bits per heavy atom. The van der Waals surface area contributed by atoms with Gasteiger partial charge < -0.3 is 4.90 Å². The van der Waals surface area contributed by atoms with Crippen molar-refractivity contribution in [2.24, 2.45) is 11.8 Å². The van der Waals surface area contributed by atoms with Gasteiger partial charge in [0.2, 0.25) is 0 Å². The van der Waals surface area contributed by atoms with E-state index in [1.165, 1.54) is 45.2 Å². The molecule has 2 fully saturated rings. The molecule has 0 bridgehead atoms. The number of piperidine rings is 1. The molecule has 1 heteroatoms. The van der Waals surface area contributed by atoms with Crippen LogP contribution in [0.5, 0.6) is 0 Å². The Bertz CT molecular complexity index is 246. The van der Waals surface area contributed by atoms with Crippen LogP contribution < -0.4 is 0 Å². The minimum absolute atomic E-state index is 0.537. The van der Waals surface area contributed by atoms with Crippen LogP contribution in [0.15, 0.2) is 0 Å². The van der Waals surface area contributed by atoms with Crippen molar-refractivity contribution in [3.63, 3.8) is 0 Å². The molecule has 0 unspecified atom stereocenters. The van der Waals surface area contributed by atoms with Gasteiger partial charge >= 0.3 is 0 Å². The van der Waals surface area contributed by atoms with E-state index in [1.54, 1.807) is 0 Å². The first-order valence-electron chi connectivity index (χ1n) is 6.51. The van der Waals surface area contributed by atoms with Crippen molar-refractivity contribution in [3.05, 3.63) is 0 Å². The normalized spacial score (nSPS) is 24.7. The van der Waals surface area contributed by atoms with Crippen LogP contribution in [-0.4, -0.2) is 24.0 Å². The summed E-state index contributed by atoms with van der Waals surface area (Å²) < 4.78 is 0. The molecule has 2 aliphatic rings. The van der Waals surface area contributed by atoms with E-state index < -0.39 is 0 Å². The van der Waals surface area contributed by atoms with E-state index in [1.807, 2.05) is 0 Å². The minimum Gasteiger partial charge on any atom is -0.300 e. The molecule has 0 radical (unpaired) electrons. The zero-order valence-corrected chi connectivity index (χ0v) is 10.1. The molecule has 0 N–H and O–H groups in total. The van der Waals surface area contributed by atoms with Crippen LogP contribution in [-0.2, 0) is 0 Å². The maximum atomic E-state index is 3.44. The molecule has 1 saturated carbocycles. The van der Waals surface area contributed by atoms with Crippen molar-refractivity contribution in [1.29, 1.82) is 0 Å². The molecular weight excluding hydrogens is 182 g/mol. The van der Waals surface area contributed by atoms with E-state index in [4.69, 9.17) is 0 Å². The second-order valence-electron chi connectivity index (χ2n) is 5.34. The van der Waals surface area contributed by atoms with Gasteiger partial charge in [-0.3, -0.25) is 0 Å². The Balaban J connectivity index is 1.74. The third-order valence-electron chi connectivity index (χ3n) is 3.70. The largest absolute Gasteiger partial charge is 0.300 e. The lowest BCUT2D eigenvalue weighted by atomic mass is 9.88. The zero-order valence-electron chi connectivity index (χ0n) is 10.1. The van der Waals surface area contributed by atoms with Crippen LogP contribution in [0.2, 0.25) is 0 Å². The SMILES string of the molecule is CC(C)C#CC1CCN(C2CCC2)CC1. The van der Waals surface area contributed by atoms with E-state index in [0.717, 1.165) is 6.04 Å². The highest BCUT2D eigenvalue weighted by Crippen LogP contribution is 2.28. The summed E-state index contributed by atoms with van der Waals surface area (Å²) in [6.07, 6.45) is 6.95. The predicted molar refractivity (Wildman–Crippen MR) is 64.6 cm³/mol. The topological polar surface area (TPSA) is 3.24 Å². The number of rotatable bonds is 1. The lowest BCUT2D eigenvalue weighted by Gasteiger charge is -2.41. The summed E-state index contributed by atoms with van der Waals surface area (Å²) in [5, 5.41) is 0. The fourth-order valence-corrected chi connectivity index (χ4v) is 2.45. The van der Waals surface area contributed by atoms with Gasteiger partial charge in [-0.05, 0) is 38.8 Å². The van der Waals surface area contributed by atoms with E-state index in [-0.39, 0.29) is 0 Å². The monoisotopic (exact) mass is 205 g/mol. The summed E-state index contributed by atoms with van der Waals surface area (Å²) >= 11 is 0. The molecule has 1 heterocycles. The van der Waals surface area contributed by atoms with Gasteiger partial charge in [0.05, 0.1) is 0 Å². The van der Waals surface area contributed by atoms with Crippen molar-refractivity contribution in [2.75, 3.05) is 13.1 Å². The van der Waals surface area contributed by atoms with Crippen LogP contribution in [0.25, 0.3) is 0 Å². The van der Waals surface area contributed by atoms with Gasteiger partial charge in [-0.15, -0.1) is 5.92 Å². The number of likely N-dealkylation sites (tertiary alicyclic amines) is 1. The van der Waals surface area contributed by atoms with Crippen LogP contribution in [0, 0.1) is 23.7 Å². The fraction of sp³-hybridized carbons (Fsp3) is 0.857. The number of hydrogen-bond acceptors (Lipinski definition) is 1. The molecule has 2 rings (SSSR count). The summed E-state index contributed by atoms with van der Waals surface area (Å²) in [6.45, 7) is 6.94. The van der Waals surface area contributed by atoms with Crippen molar-refractivity contribution < 1.29 is 0 Å². The van der Waals surface area contributed by atoms with Crippen LogP contribution in [0.1, 0.15) is 46.0 Å². The highest BCUT2D eigenvalue weighted by Gasteiger charge is 2.27. The van der Waals surface area contributed by atoms with E-state index >= 15 is 0 Å².